The van der Waals surface area contributed by atoms with Gasteiger partial charge in [0.15, 0.2) is 0 Å². The fourth-order valence-corrected chi connectivity index (χ4v) is 4.60. The summed E-state index contributed by atoms with van der Waals surface area (Å²) in [5.74, 6) is 0.655. The van der Waals surface area contributed by atoms with E-state index in [0.717, 1.165) is 39.4 Å². The minimum Gasteiger partial charge on any atom is -0.324 e. The number of carbonyl (C=O) groups is 2. The van der Waals surface area contributed by atoms with E-state index in [-0.39, 0.29) is 24.3 Å². The molecule has 1 aliphatic heterocycles. The zero-order valence-electron chi connectivity index (χ0n) is 18.8. The standard InChI is InChI=1S/C27H26N4O2/c1-18-9-3-5-11-21(18)28-25(32)17-31-24-14-8-6-12-22(24)29-27(31)20-15-26(33)30(16-20)23-13-7-4-10-19(23)2/h3-14,20H,15-17H2,1-2H3,(H,28,32). The Labute approximate surface area is 192 Å². The van der Waals surface area contributed by atoms with Gasteiger partial charge in [0.2, 0.25) is 11.8 Å². The molecular weight excluding hydrogens is 412 g/mol. The zero-order chi connectivity index (χ0) is 22.9. The molecule has 1 unspecified atom stereocenters. The van der Waals surface area contributed by atoms with Gasteiger partial charge in [-0.15, -0.1) is 0 Å². The van der Waals surface area contributed by atoms with Crippen molar-refractivity contribution < 1.29 is 9.59 Å². The van der Waals surface area contributed by atoms with E-state index in [2.05, 4.69) is 5.32 Å². The van der Waals surface area contributed by atoms with Gasteiger partial charge in [0.05, 0.1) is 11.0 Å². The molecule has 166 valence electrons. The van der Waals surface area contributed by atoms with Crippen molar-refractivity contribution in [3.63, 3.8) is 0 Å². The van der Waals surface area contributed by atoms with Crippen LogP contribution in [0.5, 0.6) is 0 Å². The van der Waals surface area contributed by atoms with Crippen LogP contribution in [0.2, 0.25) is 0 Å². The first-order chi connectivity index (χ1) is 16.0. The van der Waals surface area contributed by atoms with Gasteiger partial charge in [-0.05, 0) is 49.2 Å². The third-order valence-corrected chi connectivity index (χ3v) is 6.30. The molecule has 0 spiro atoms. The molecule has 0 aliphatic carbocycles. The molecule has 1 atom stereocenters. The van der Waals surface area contributed by atoms with Crippen LogP contribution in [0, 0.1) is 13.8 Å². The Morgan fingerprint density at radius 3 is 2.45 bits per heavy atom. The molecule has 4 aromatic rings. The Kier molecular flexibility index (Phi) is 5.42. The third-order valence-electron chi connectivity index (χ3n) is 6.30. The van der Waals surface area contributed by atoms with E-state index in [1.165, 1.54) is 0 Å². The van der Waals surface area contributed by atoms with Gasteiger partial charge in [-0.3, -0.25) is 9.59 Å². The van der Waals surface area contributed by atoms with Crippen LogP contribution in [0.25, 0.3) is 11.0 Å². The Morgan fingerprint density at radius 1 is 0.970 bits per heavy atom. The number of amides is 2. The smallest absolute Gasteiger partial charge is 0.244 e. The summed E-state index contributed by atoms with van der Waals surface area (Å²) in [6.07, 6.45) is 0.372. The van der Waals surface area contributed by atoms with Crippen LogP contribution in [0.4, 0.5) is 11.4 Å². The Morgan fingerprint density at radius 2 is 1.67 bits per heavy atom. The number of aryl methyl sites for hydroxylation is 2. The van der Waals surface area contributed by atoms with Crippen LogP contribution in [0.3, 0.4) is 0 Å². The van der Waals surface area contributed by atoms with Crippen LogP contribution in [-0.4, -0.2) is 27.9 Å². The van der Waals surface area contributed by atoms with Crippen molar-refractivity contribution in [2.75, 3.05) is 16.8 Å². The molecule has 5 rings (SSSR count). The molecule has 0 radical (unpaired) electrons. The maximum atomic E-state index is 13.0. The van der Waals surface area contributed by atoms with Crippen LogP contribution in [0.15, 0.2) is 72.8 Å². The van der Waals surface area contributed by atoms with Crippen molar-refractivity contribution in [1.82, 2.24) is 9.55 Å². The van der Waals surface area contributed by atoms with Crippen molar-refractivity contribution in [3.05, 3.63) is 89.7 Å². The van der Waals surface area contributed by atoms with Crippen LogP contribution in [-0.2, 0) is 16.1 Å². The van der Waals surface area contributed by atoms with E-state index in [4.69, 9.17) is 4.98 Å². The lowest BCUT2D eigenvalue weighted by Crippen LogP contribution is -2.26. The normalized spacial score (nSPS) is 15.9. The number of hydrogen-bond acceptors (Lipinski definition) is 3. The minimum absolute atomic E-state index is 0.0808. The summed E-state index contributed by atoms with van der Waals surface area (Å²) < 4.78 is 1.96. The second-order valence-corrected chi connectivity index (χ2v) is 8.60. The number of anilines is 2. The number of aromatic nitrogens is 2. The summed E-state index contributed by atoms with van der Waals surface area (Å²) in [4.78, 5) is 32.7. The van der Waals surface area contributed by atoms with Gasteiger partial charge in [0.25, 0.3) is 0 Å². The van der Waals surface area contributed by atoms with E-state index in [9.17, 15) is 9.59 Å². The van der Waals surface area contributed by atoms with Crippen molar-refractivity contribution in [3.8, 4) is 0 Å². The molecule has 6 heteroatoms. The summed E-state index contributed by atoms with van der Waals surface area (Å²) >= 11 is 0. The van der Waals surface area contributed by atoms with Crippen molar-refractivity contribution in [2.24, 2.45) is 0 Å². The Bertz CT molecular complexity index is 1360. The summed E-state index contributed by atoms with van der Waals surface area (Å²) in [6.45, 7) is 4.67. The molecule has 1 saturated heterocycles. The van der Waals surface area contributed by atoms with E-state index < -0.39 is 0 Å². The molecule has 2 amide bonds. The van der Waals surface area contributed by atoms with Crippen molar-refractivity contribution in [2.45, 2.75) is 32.7 Å². The SMILES string of the molecule is Cc1ccccc1NC(=O)Cn1c(C2CC(=O)N(c3ccccc3C)C2)nc2ccccc21. The number of hydrogen-bond donors (Lipinski definition) is 1. The summed E-state index contributed by atoms with van der Waals surface area (Å²) in [6, 6.07) is 23.5. The van der Waals surface area contributed by atoms with E-state index in [1.54, 1.807) is 0 Å². The molecule has 33 heavy (non-hydrogen) atoms. The fourth-order valence-electron chi connectivity index (χ4n) is 4.60. The average molecular weight is 439 g/mol. The van der Waals surface area contributed by atoms with Gasteiger partial charge in [-0.2, -0.15) is 0 Å². The molecule has 0 saturated carbocycles. The summed E-state index contributed by atoms with van der Waals surface area (Å²) in [5.41, 5.74) is 5.54. The Hall–Kier alpha value is -3.93. The second kappa shape index (κ2) is 8.54. The number of fused-ring (bicyclic) bond motifs is 1. The topological polar surface area (TPSA) is 67.2 Å². The fraction of sp³-hybridized carbons (Fsp3) is 0.222. The van der Waals surface area contributed by atoms with Crippen LogP contribution in [0.1, 0.15) is 29.3 Å². The lowest BCUT2D eigenvalue weighted by molar-refractivity contribution is -0.117. The lowest BCUT2D eigenvalue weighted by Gasteiger charge is -2.19. The number of para-hydroxylation sites is 4. The van der Waals surface area contributed by atoms with Gasteiger partial charge in [0, 0.05) is 30.3 Å². The first-order valence-electron chi connectivity index (χ1n) is 11.2. The average Bonchev–Trinajstić information content (AvgIpc) is 3.36. The molecule has 0 bridgehead atoms. The number of imidazole rings is 1. The summed E-state index contributed by atoms with van der Waals surface area (Å²) in [5, 5.41) is 3.02. The molecule has 2 heterocycles. The molecule has 3 aromatic carbocycles. The molecule has 1 aromatic heterocycles. The van der Waals surface area contributed by atoms with Gasteiger partial charge in [0.1, 0.15) is 12.4 Å². The number of nitrogens with zero attached hydrogens (tertiary/aromatic N) is 3. The molecule has 1 aliphatic rings. The molecule has 1 N–H and O–H groups in total. The van der Waals surface area contributed by atoms with E-state index in [1.807, 2.05) is 96.1 Å². The number of carbonyl (C=O) groups excluding carboxylic acids is 2. The second-order valence-electron chi connectivity index (χ2n) is 8.60. The summed E-state index contributed by atoms with van der Waals surface area (Å²) in [7, 11) is 0. The third kappa shape index (κ3) is 4.00. The number of rotatable bonds is 5. The molecule has 6 nitrogen and oxygen atoms in total. The molecular formula is C27H26N4O2. The zero-order valence-corrected chi connectivity index (χ0v) is 18.8. The predicted molar refractivity (Wildman–Crippen MR) is 130 cm³/mol. The maximum Gasteiger partial charge on any atom is 0.244 e. The lowest BCUT2D eigenvalue weighted by atomic mass is 10.1. The molecule has 1 fully saturated rings. The highest BCUT2D eigenvalue weighted by molar-refractivity contribution is 5.97. The van der Waals surface area contributed by atoms with Gasteiger partial charge in [-0.1, -0.05) is 48.5 Å². The monoisotopic (exact) mass is 438 g/mol. The number of nitrogens with one attached hydrogen (secondary N) is 1. The van der Waals surface area contributed by atoms with Gasteiger partial charge >= 0.3 is 0 Å². The van der Waals surface area contributed by atoms with Gasteiger partial charge < -0.3 is 14.8 Å². The highest BCUT2D eigenvalue weighted by atomic mass is 16.2. The van der Waals surface area contributed by atoms with Crippen LogP contribution < -0.4 is 10.2 Å². The van der Waals surface area contributed by atoms with Crippen molar-refractivity contribution >= 4 is 34.2 Å². The van der Waals surface area contributed by atoms with E-state index in [0.29, 0.717) is 13.0 Å². The maximum absolute atomic E-state index is 13.0. The number of benzene rings is 3. The predicted octanol–water partition coefficient (Wildman–Crippen LogP) is 4.81. The minimum atomic E-state index is -0.117. The van der Waals surface area contributed by atoms with Crippen LogP contribution >= 0.6 is 0 Å². The van der Waals surface area contributed by atoms with Crippen molar-refractivity contribution in [1.29, 1.82) is 0 Å². The highest BCUT2D eigenvalue weighted by Gasteiger charge is 2.35. The van der Waals surface area contributed by atoms with E-state index >= 15 is 0 Å². The quantitative estimate of drug-likeness (QED) is 0.486. The highest BCUT2D eigenvalue weighted by Crippen LogP contribution is 2.34. The first-order valence-corrected chi connectivity index (χ1v) is 11.2. The Balaban J connectivity index is 1.46. The first kappa shape index (κ1) is 20.9. The van der Waals surface area contributed by atoms with Gasteiger partial charge in [-0.25, -0.2) is 4.98 Å². The largest absolute Gasteiger partial charge is 0.324 e.